The summed E-state index contributed by atoms with van der Waals surface area (Å²) in [5, 5.41) is 0. The van der Waals surface area contributed by atoms with E-state index >= 15 is 0 Å². The van der Waals surface area contributed by atoms with Crippen molar-refractivity contribution in [1.82, 2.24) is 9.71 Å². The molecule has 0 spiro atoms. The van der Waals surface area contributed by atoms with Crippen LogP contribution < -0.4 is 10.5 Å². The minimum Gasteiger partial charge on any atom is -0.398 e. The number of pyridine rings is 1. The van der Waals surface area contributed by atoms with Gasteiger partial charge in [-0.05, 0) is 18.9 Å². The summed E-state index contributed by atoms with van der Waals surface area (Å²) in [7, 11) is -3.49. The molecule has 82 valence electrons. The van der Waals surface area contributed by atoms with Gasteiger partial charge in [-0.2, -0.15) is 0 Å². The van der Waals surface area contributed by atoms with Crippen molar-refractivity contribution in [2.75, 3.05) is 5.73 Å². The summed E-state index contributed by atoms with van der Waals surface area (Å²) in [6.45, 7) is 0. The number of nitrogen functional groups attached to an aromatic ring is 1. The lowest BCUT2D eigenvalue weighted by Gasteiger charge is -2.26. The molecule has 0 aromatic carbocycles. The third-order valence-corrected chi connectivity index (χ3v) is 4.10. The molecule has 6 heteroatoms. The Kier molecular flexibility index (Phi) is 2.62. The molecule has 0 atom stereocenters. The molecule has 1 aliphatic rings. The first-order valence-electron chi connectivity index (χ1n) is 4.81. The van der Waals surface area contributed by atoms with Crippen LogP contribution in [0.2, 0.25) is 0 Å². The largest absolute Gasteiger partial charge is 0.398 e. The van der Waals surface area contributed by atoms with E-state index in [4.69, 9.17) is 5.73 Å². The minimum atomic E-state index is -3.49. The van der Waals surface area contributed by atoms with Gasteiger partial charge in [0.1, 0.15) is 4.90 Å². The summed E-state index contributed by atoms with van der Waals surface area (Å²) >= 11 is 0. The highest BCUT2D eigenvalue weighted by Crippen LogP contribution is 2.22. The van der Waals surface area contributed by atoms with Crippen molar-refractivity contribution in [1.29, 1.82) is 0 Å². The van der Waals surface area contributed by atoms with Crippen molar-refractivity contribution in [3.63, 3.8) is 0 Å². The second-order valence-corrected chi connectivity index (χ2v) is 5.35. The Morgan fingerprint density at radius 2 is 2.20 bits per heavy atom. The van der Waals surface area contributed by atoms with E-state index < -0.39 is 10.0 Å². The number of hydrogen-bond acceptors (Lipinski definition) is 4. The quantitative estimate of drug-likeness (QED) is 0.787. The fraction of sp³-hybridized carbons (Fsp3) is 0.444. The second kappa shape index (κ2) is 3.79. The fourth-order valence-electron chi connectivity index (χ4n) is 1.42. The van der Waals surface area contributed by atoms with Crippen molar-refractivity contribution in [2.24, 2.45) is 0 Å². The summed E-state index contributed by atoms with van der Waals surface area (Å²) < 4.78 is 26.3. The first-order valence-corrected chi connectivity index (χ1v) is 6.30. The summed E-state index contributed by atoms with van der Waals surface area (Å²) in [6, 6.07) is 1.55. The Labute approximate surface area is 88.8 Å². The van der Waals surface area contributed by atoms with Gasteiger partial charge in [-0.1, -0.05) is 6.42 Å². The van der Waals surface area contributed by atoms with Gasteiger partial charge in [0.25, 0.3) is 0 Å². The van der Waals surface area contributed by atoms with E-state index in [0.29, 0.717) is 0 Å². The molecular weight excluding hydrogens is 214 g/mol. The molecule has 1 saturated carbocycles. The van der Waals surface area contributed by atoms with Crippen LogP contribution in [0.15, 0.2) is 23.4 Å². The smallest absolute Gasteiger partial charge is 0.244 e. The summed E-state index contributed by atoms with van der Waals surface area (Å²) in [5.74, 6) is 0. The third kappa shape index (κ3) is 2.10. The van der Waals surface area contributed by atoms with Gasteiger partial charge in [0.15, 0.2) is 0 Å². The van der Waals surface area contributed by atoms with Gasteiger partial charge >= 0.3 is 0 Å². The highest BCUT2D eigenvalue weighted by atomic mass is 32.2. The molecule has 1 heterocycles. The van der Waals surface area contributed by atoms with E-state index in [9.17, 15) is 8.42 Å². The predicted octanol–water partition coefficient (Wildman–Crippen LogP) is 0.495. The molecule has 15 heavy (non-hydrogen) atoms. The number of nitrogens with one attached hydrogen (secondary N) is 1. The summed E-state index contributed by atoms with van der Waals surface area (Å²) in [4.78, 5) is 3.83. The molecule has 0 unspecified atom stereocenters. The number of aromatic nitrogens is 1. The molecule has 1 aromatic rings. The fourth-order valence-corrected chi connectivity index (χ4v) is 2.80. The van der Waals surface area contributed by atoms with Crippen molar-refractivity contribution in [2.45, 2.75) is 30.2 Å². The van der Waals surface area contributed by atoms with Crippen LogP contribution in [0.1, 0.15) is 19.3 Å². The van der Waals surface area contributed by atoms with Crippen LogP contribution in [0, 0.1) is 0 Å². The third-order valence-electron chi connectivity index (χ3n) is 2.53. The lowest BCUT2D eigenvalue weighted by Crippen LogP contribution is -2.39. The molecule has 3 N–H and O–H groups in total. The maximum absolute atomic E-state index is 11.8. The molecule has 0 radical (unpaired) electrons. The van der Waals surface area contributed by atoms with Crippen molar-refractivity contribution in [3.05, 3.63) is 18.5 Å². The standard InChI is InChI=1S/C9H13N3O2S/c10-8-4-5-11-6-9(8)15(13,14)12-7-2-1-3-7/h4-7,12H,1-3H2,(H2,10,11). The molecule has 0 bridgehead atoms. The number of rotatable bonds is 3. The lowest BCUT2D eigenvalue weighted by atomic mass is 9.94. The maximum atomic E-state index is 11.8. The first-order chi connectivity index (χ1) is 7.09. The molecule has 1 fully saturated rings. The first kappa shape index (κ1) is 10.4. The monoisotopic (exact) mass is 227 g/mol. The molecule has 1 aromatic heterocycles. The Morgan fingerprint density at radius 1 is 1.47 bits per heavy atom. The van der Waals surface area contributed by atoms with Crippen LogP contribution in [0.3, 0.4) is 0 Å². The van der Waals surface area contributed by atoms with Gasteiger partial charge in [0, 0.05) is 18.4 Å². The van der Waals surface area contributed by atoms with Gasteiger partial charge in [0.05, 0.1) is 5.69 Å². The number of sulfonamides is 1. The second-order valence-electron chi connectivity index (χ2n) is 3.66. The van der Waals surface area contributed by atoms with Gasteiger partial charge < -0.3 is 5.73 Å². The average Bonchev–Trinajstić information content (AvgIpc) is 2.12. The Morgan fingerprint density at radius 3 is 2.73 bits per heavy atom. The van der Waals surface area contributed by atoms with Crippen LogP contribution in [0.25, 0.3) is 0 Å². The maximum Gasteiger partial charge on any atom is 0.244 e. The van der Waals surface area contributed by atoms with E-state index in [1.165, 1.54) is 18.5 Å². The van der Waals surface area contributed by atoms with Gasteiger partial charge in [0.2, 0.25) is 10.0 Å². The number of nitrogens with two attached hydrogens (primary N) is 1. The van der Waals surface area contributed by atoms with E-state index in [-0.39, 0.29) is 16.6 Å². The highest BCUT2D eigenvalue weighted by molar-refractivity contribution is 7.89. The average molecular weight is 227 g/mol. The Bertz CT molecular complexity index is 454. The van der Waals surface area contributed by atoms with Gasteiger partial charge in [-0.15, -0.1) is 0 Å². The predicted molar refractivity (Wildman–Crippen MR) is 56.6 cm³/mol. The van der Waals surface area contributed by atoms with Crippen LogP contribution in [-0.4, -0.2) is 19.4 Å². The van der Waals surface area contributed by atoms with Crippen molar-refractivity contribution >= 4 is 15.7 Å². The Hall–Kier alpha value is -1.14. The van der Waals surface area contributed by atoms with Crippen molar-refractivity contribution in [3.8, 4) is 0 Å². The molecule has 0 saturated heterocycles. The molecule has 1 aliphatic carbocycles. The topological polar surface area (TPSA) is 85.1 Å². The zero-order chi connectivity index (χ0) is 10.9. The van der Waals surface area contributed by atoms with Crippen molar-refractivity contribution < 1.29 is 8.42 Å². The molecule has 0 amide bonds. The highest BCUT2D eigenvalue weighted by Gasteiger charge is 2.25. The van der Waals surface area contributed by atoms with E-state index in [1.807, 2.05) is 0 Å². The minimum absolute atomic E-state index is 0.0645. The SMILES string of the molecule is Nc1ccncc1S(=O)(=O)NC1CCC1. The van der Waals surface area contributed by atoms with Crippen LogP contribution in [0.4, 0.5) is 5.69 Å². The Balaban J connectivity index is 2.24. The zero-order valence-corrected chi connectivity index (χ0v) is 9.00. The number of anilines is 1. The lowest BCUT2D eigenvalue weighted by molar-refractivity contribution is 0.383. The van der Waals surface area contributed by atoms with Gasteiger partial charge in [-0.25, -0.2) is 13.1 Å². The number of nitrogens with zero attached hydrogens (tertiary/aromatic N) is 1. The van der Waals surface area contributed by atoms with E-state index in [0.717, 1.165) is 19.3 Å². The zero-order valence-electron chi connectivity index (χ0n) is 8.18. The normalized spacial score (nSPS) is 17.3. The van der Waals surface area contributed by atoms with E-state index in [2.05, 4.69) is 9.71 Å². The summed E-state index contributed by atoms with van der Waals surface area (Å²) in [6.07, 6.45) is 5.63. The molecule has 5 nitrogen and oxygen atoms in total. The van der Waals surface area contributed by atoms with Crippen LogP contribution in [-0.2, 0) is 10.0 Å². The van der Waals surface area contributed by atoms with Gasteiger partial charge in [-0.3, -0.25) is 4.98 Å². The van der Waals surface area contributed by atoms with E-state index in [1.54, 1.807) is 0 Å². The molecular formula is C9H13N3O2S. The summed E-state index contributed by atoms with van der Waals surface area (Å²) in [5.41, 5.74) is 5.82. The van der Waals surface area contributed by atoms with Crippen LogP contribution in [0.5, 0.6) is 0 Å². The molecule has 2 rings (SSSR count). The number of hydrogen-bond donors (Lipinski definition) is 2. The van der Waals surface area contributed by atoms with Crippen LogP contribution >= 0.6 is 0 Å². The molecule has 0 aliphatic heterocycles.